The summed E-state index contributed by atoms with van der Waals surface area (Å²) >= 11 is 0. The van der Waals surface area contributed by atoms with Gasteiger partial charge in [-0.2, -0.15) is 0 Å². The Hall–Kier alpha value is -1.55. The maximum absolute atomic E-state index is 10.8. The third-order valence-corrected chi connectivity index (χ3v) is 3.54. The Labute approximate surface area is 114 Å². The number of ether oxygens (including phenoxy) is 1. The average molecular weight is 263 g/mol. The first-order valence-corrected chi connectivity index (χ1v) is 6.71. The van der Waals surface area contributed by atoms with Crippen molar-refractivity contribution in [2.75, 3.05) is 13.1 Å². The zero-order chi connectivity index (χ0) is 14.0. The van der Waals surface area contributed by atoms with Crippen molar-refractivity contribution in [3.63, 3.8) is 0 Å². The van der Waals surface area contributed by atoms with Gasteiger partial charge in [-0.1, -0.05) is 12.1 Å². The van der Waals surface area contributed by atoms with Crippen LogP contribution in [-0.2, 0) is 4.79 Å². The number of carbonyl (C=O) groups is 1. The monoisotopic (exact) mass is 263 g/mol. The summed E-state index contributed by atoms with van der Waals surface area (Å²) in [5, 5.41) is 8.88. The second kappa shape index (κ2) is 5.61. The largest absolute Gasteiger partial charge is 0.491 e. The maximum Gasteiger partial charge on any atom is 0.309 e. The first-order chi connectivity index (χ1) is 8.97. The highest BCUT2D eigenvalue weighted by Crippen LogP contribution is 2.29. The number of hydrogen-bond donors (Lipinski definition) is 1. The highest BCUT2D eigenvalue weighted by atomic mass is 16.5. The van der Waals surface area contributed by atoms with Gasteiger partial charge in [-0.25, -0.2) is 0 Å². The number of carboxylic acids is 1. The predicted octanol–water partition coefficient (Wildman–Crippen LogP) is 2.55. The van der Waals surface area contributed by atoms with Crippen LogP contribution in [0.5, 0.6) is 5.75 Å². The van der Waals surface area contributed by atoms with E-state index in [4.69, 9.17) is 9.84 Å². The number of likely N-dealkylation sites (tertiary alicyclic amines) is 1. The molecule has 104 valence electrons. The van der Waals surface area contributed by atoms with Crippen LogP contribution in [0.4, 0.5) is 0 Å². The number of benzene rings is 1. The summed E-state index contributed by atoms with van der Waals surface area (Å²) < 4.78 is 5.61. The van der Waals surface area contributed by atoms with Crippen molar-refractivity contribution >= 4 is 5.97 Å². The first kappa shape index (κ1) is 13.9. The van der Waals surface area contributed by atoms with Crippen LogP contribution in [0.25, 0.3) is 0 Å². The highest BCUT2D eigenvalue weighted by Gasteiger charge is 2.35. The molecule has 0 aromatic heterocycles. The van der Waals surface area contributed by atoms with E-state index in [1.54, 1.807) is 0 Å². The van der Waals surface area contributed by atoms with Gasteiger partial charge in [-0.15, -0.1) is 0 Å². The molecule has 0 aliphatic carbocycles. The van der Waals surface area contributed by atoms with E-state index in [9.17, 15) is 4.79 Å². The minimum atomic E-state index is -0.691. The van der Waals surface area contributed by atoms with Crippen LogP contribution in [0.3, 0.4) is 0 Å². The Bertz CT molecular complexity index is 435. The van der Waals surface area contributed by atoms with Crippen molar-refractivity contribution in [3.05, 3.63) is 29.8 Å². The van der Waals surface area contributed by atoms with E-state index in [1.165, 1.54) is 5.56 Å². The molecule has 1 unspecified atom stereocenters. The van der Waals surface area contributed by atoms with E-state index in [1.807, 2.05) is 26.0 Å². The van der Waals surface area contributed by atoms with Gasteiger partial charge in [0, 0.05) is 19.1 Å². The highest BCUT2D eigenvalue weighted by molar-refractivity contribution is 5.71. The van der Waals surface area contributed by atoms with Gasteiger partial charge in [0.2, 0.25) is 0 Å². The molecular weight excluding hydrogens is 242 g/mol. The molecular formula is C15H21NO3. The van der Waals surface area contributed by atoms with Gasteiger partial charge >= 0.3 is 5.97 Å². The Morgan fingerprint density at radius 3 is 2.32 bits per heavy atom. The quantitative estimate of drug-likeness (QED) is 0.887. The van der Waals surface area contributed by atoms with Crippen molar-refractivity contribution < 1.29 is 14.6 Å². The molecule has 4 heteroatoms. The molecule has 0 bridgehead atoms. The molecule has 1 heterocycles. The van der Waals surface area contributed by atoms with Crippen LogP contribution in [0.2, 0.25) is 0 Å². The van der Waals surface area contributed by atoms with Gasteiger partial charge in [0.1, 0.15) is 5.75 Å². The molecule has 1 aliphatic rings. The van der Waals surface area contributed by atoms with Gasteiger partial charge in [0.15, 0.2) is 0 Å². The first-order valence-electron chi connectivity index (χ1n) is 6.71. The molecule has 1 aromatic rings. The summed E-state index contributed by atoms with van der Waals surface area (Å²) in [7, 11) is 0. The summed E-state index contributed by atoms with van der Waals surface area (Å²) in [6.45, 7) is 7.39. The van der Waals surface area contributed by atoms with Crippen LogP contribution in [0, 0.1) is 5.92 Å². The SMILES string of the molecule is CC(C)Oc1ccc(C(C)N2CC(C(=O)O)C2)cc1. The molecule has 1 aliphatic heterocycles. The molecule has 0 amide bonds. The fraction of sp³-hybridized carbons (Fsp3) is 0.533. The van der Waals surface area contributed by atoms with Gasteiger partial charge in [-0.05, 0) is 38.5 Å². The summed E-state index contributed by atoms with van der Waals surface area (Å²) in [6, 6.07) is 8.30. The Balaban J connectivity index is 1.93. The number of aliphatic carboxylic acids is 1. The van der Waals surface area contributed by atoms with Crippen LogP contribution in [-0.4, -0.2) is 35.2 Å². The van der Waals surface area contributed by atoms with Crippen molar-refractivity contribution in [2.45, 2.75) is 32.9 Å². The number of rotatable bonds is 5. The third kappa shape index (κ3) is 3.26. The van der Waals surface area contributed by atoms with Gasteiger partial charge in [0.05, 0.1) is 12.0 Å². The second-order valence-corrected chi connectivity index (χ2v) is 5.40. The molecule has 19 heavy (non-hydrogen) atoms. The fourth-order valence-corrected chi connectivity index (χ4v) is 2.29. The normalized spacial score (nSPS) is 18.1. The van der Waals surface area contributed by atoms with Crippen LogP contribution < -0.4 is 4.74 Å². The standard InChI is InChI=1S/C15H21NO3/c1-10(2)19-14-6-4-12(5-7-14)11(3)16-8-13(9-16)15(17)18/h4-7,10-11,13H,8-9H2,1-3H3,(H,17,18). The fourth-order valence-electron chi connectivity index (χ4n) is 2.29. The molecule has 1 N–H and O–H groups in total. The smallest absolute Gasteiger partial charge is 0.309 e. The summed E-state index contributed by atoms with van der Waals surface area (Å²) in [4.78, 5) is 13.0. The lowest BCUT2D eigenvalue weighted by molar-refractivity contribution is -0.148. The average Bonchev–Trinajstić information content (AvgIpc) is 2.26. The Morgan fingerprint density at radius 1 is 1.26 bits per heavy atom. The van der Waals surface area contributed by atoms with Crippen molar-refractivity contribution in [2.24, 2.45) is 5.92 Å². The van der Waals surface area contributed by atoms with E-state index >= 15 is 0 Å². The molecule has 0 saturated carbocycles. The van der Waals surface area contributed by atoms with Crippen LogP contribution in [0.1, 0.15) is 32.4 Å². The lowest BCUT2D eigenvalue weighted by Gasteiger charge is -2.41. The predicted molar refractivity (Wildman–Crippen MR) is 73.3 cm³/mol. The summed E-state index contributed by atoms with van der Waals surface area (Å²) in [5.41, 5.74) is 1.19. The second-order valence-electron chi connectivity index (χ2n) is 5.40. The topological polar surface area (TPSA) is 49.8 Å². The minimum Gasteiger partial charge on any atom is -0.491 e. The zero-order valence-corrected chi connectivity index (χ0v) is 11.7. The molecule has 0 radical (unpaired) electrons. The Morgan fingerprint density at radius 2 is 1.84 bits per heavy atom. The van der Waals surface area contributed by atoms with Gasteiger partial charge < -0.3 is 9.84 Å². The van der Waals surface area contributed by atoms with Gasteiger partial charge in [0.25, 0.3) is 0 Å². The van der Waals surface area contributed by atoms with E-state index in [0.717, 1.165) is 5.75 Å². The molecule has 1 fully saturated rings. The van der Waals surface area contributed by atoms with Gasteiger partial charge in [-0.3, -0.25) is 9.69 Å². The minimum absolute atomic E-state index is 0.176. The van der Waals surface area contributed by atoms with Crippen molar-refractivity contribution in [1.82, 2.24) is 4.90 Å². The lowest BCUT2D eigenvalue weighted by Crippen LogP contribution is -2.51. The van der Waals surface area contributed by atoms with Crippen LogP contribution in [0.15, 0.2) is 24.3 Å². The van der Waals surface area contributed by atoms with Crippen LogP contribution >= 0.6 is 0 Å². The van der Waals surface area contributed by atoms with Crippen molar-refractivity contribution in [1.29, 1.82) is 0 Å². The maximum atomic E-state index is 10.8. The van der Waals surface area contributed by atoms with Crippen molar-refractivity contribution in [3.8, 4) is 5.75 Å². The third-order valence-electron chi connectivity index (χ3n) is 3.54. The van der Waals surface area contributed by atoms with E-state index in [0.29, 0.717) is 13.1 Å². The molecule has 1 atom stereocenters. The van der Waals surface area contributed by atoms with E-state index < -0.39 is 5.97 Å². The zero-order valence-electron chi connectivity index (χ0n) is 11.7. The molecule has 4 nitrogen and oxygen atoms in total. The number of nitrogens with zero attached hydrogens (tertiary/aromatic N) is 1. The molecule has 2 rings (SSSR count). The van der Waals surface area contributed by atoms with E-state index in [-0.39, 0.29) is 18.1 Å². The number of carboxylic acid groups (broad SMARTS) is 1. The number of hydrogen-bond acceptors (Lipinski definition) is 3. The summed E-state index contributed by atoms with van der Waals surface area (Å²) in [5.74, 6) is -0.0203. The van der Waals surface area contributed by atoms with E-state index in [2.05, 4.69) is 24.0 Å². The lowest BCUT2D eigenvalue weighted by atomic mass is 9.95. The molecule has 1 saturated heterocycles. The Kier molecular flexibility index (Phi) is 4.10. The molecule has 0 spiro atoms. The molecule has 1 aromatic carbocycles. The summed E-state index contributed by atoms with van der Waals surface area (Å²) in [6.07, 6.45) is 0.176.